The lowest BCUT2D eigenvalue weighted by Crippen LogP contribution is -2.49. The molecule has 1 saturated heterocycles. The van der Waals surface area contributed by atoms with E-state index in [0.717, 1.165) is 15.8 Å². The average molecular weight is 333 g/mol. The summed E-state index contributed by atoms with van der Waals surface area (Å²) in [6, 6.07) is 2.03. The molecule has 1 aliphatic heterocycles. The standard InChI is InChI=1S/C12H17BrN2O2S/c1-2-10-7-15(3-4-17-10)12(16)14-6-9-5-11(13)18-8-9/h5,8,10H,2-4,6-7H2,1H3,(H,14,16)/t10-/m1/s1. The Morgan fingerprint density at radius 3 is 3.22 bits per heavy atom. The van der Waals surface area contributed by atoms with Gasteiger partial charge in [-0.2, -0.15) is 0 Å². The van der Waals surface area contributed by atoms with Crippen molar-refractivity contribution in [2.24, 2.45) is 0 Å². The molecular formula is C12H17BrN2O2S. The number of ether oxygens (including phenoxy) is 1. The number of nitrogens with one attached hydrogen (secondary N) is 1. The smallest absolute Gasteiger partial charge is 0.317 e. The lowest BCUT2D eigenvalue weighted by atomic mass is 10.2. The topological polar surface area (TPSA) is 41.6 Å². The van der Waals surface area contributed by atoms with E-state index in [9.17, 15) is 4.79 Å². The minimum absolute atomic E-state index is 0.000859. The van der Waals surface area contributed by atoms with Crippen molar-refractivity contribution in [3.8, 4) is 0 Å². The Morgan fingerprint density at radius 1 is 1.72 bits per heavy atom. The second kappa shape index (κ2) is 6.54. The highest BCUT2D eigenvalue weighted by molar-refractivity contribution is 9.11. The van der Waals surface area contributed by atoms with Gasteiger partial charge >= 0.3 is 6.03 Å². The second-order valence-corrected chi connectivity index (χ2v) is 6.56. The van der Waals surface area contributed by atoms with Crippen LogP contribution < -0.4 is 5.32 Å². The molecule has 0 saturated carbocycles. The van der Waals surface area contributed by atoms with E-state index in [2.05, 4.69) is 28.2 Å². The van der Waals surface area contributed by atoms with Crippen molar-refractivity contribution in [1.29, 1.82) is 0 Å². The molecule has 100 valence electrons. The number of carbonyl (C=O) groups excluding carboxylic acids is 1. The molecule has 0 aliphatic carbocycles. The maximum Gasteiger partial charge on any atom is 0.317 e. The van der Waals surface area contributed by atoms with Crippen molar-refractivity contribution in [3.63, 3.8) is 0 Å². The summed E-state index contributed by atoms with van der Waals surface area (Å²) < 4.78 is 6.63. The Kier molecular flexibility index (Phi) is 5.03. The number of hydrogen-bond acceptors (Lipinski definition) is 3. The number of rotatable bonds is 3. The molecule has 2 amide bonds. The van der Waals surface area contributed by atoms with Crippen molar-refractivity contribution in [2.45, 2.75) is 26.0 Å². The van der Waals surface area contributed by atoms with Gasteiger partial charge in [0.15, 0.2) is 0 Å². The fourth-order valence-corrected chi connectivity index (χ4v) is 3.09. The zero-order chi connectivity index (χ0) is 13.0. The second-order valence-electron chi connectivity index (χ2n) is 4.26. The van der Waals surface area contributed by atoms with E-state index in [4.69, 9.17) is 4.74 Å². The highest BCUT2D eigenvalue weighted by Gasteiger charge is 2.22. The maximum atomic E-state index is 12.0. The molecule has 6 heteroatoms. The highest BCUT2D eigenvalue weighted by atomic mass is 79.9. The Morgan fingerprint density at radius 2 is 2.56 bits per heavy atom. The van der Waals surface area contributed by atoms with Gasteiger partial charge in [-0.3, -0.25) is 0 Å². The molecule has 0 aromatic carbocycles. The van der Waals surface area contributed by atoms with Crippen molar-refractivity contribution >= 4 is 33.3 Å². The van der Waals surface area contributed by atoms with E-state index in [1.807, 2.05) is 16.3 Å². The number of thiophene rings is 1. The van der Waals surface area contributed by atoms with Gasteiger partial charge in [-0.25, -0.2) is 4.79 Å². The third-order valence-corrected chi connectivity index (χ3v) is 4.50. The first-order valence-corrected chi connectivity index (χ1v) is 7.73. The summed E-state index contributed by atoms with van der Waals surface area (Å²) in [6.07, 6.45) is 1.13. The third-order valence-electron chi connectivity index (χ3n) is 2.95. The molecule has 0 spiro atoms. The van der Waals surface area contributed by atoms with Crippen molar-refractivity contribution in [2.75, 3.05) is 19.7 Å². The number of halogens is 1. The minimum atomic E-state index is -0.000859. The summed E-state index contributed by atoms with van der Waals surface area (Å²) in [5.41, 5.74) is 1.13. The van der Waals surface area contributed by atoms with Crippen LogP contribution in [0.3, 0.4) is 0 Å². The van der Waals surface area contributed by atoms with Gasteiger partial charge in [-0.05, 0) is 39.4 Å². The van der Waals surface area contributed by atoms with Gasteiger partial charge in [-0.15, -0.1) is 11.3 Å². The third kappa shape index (κ3) is 3.70. The summed E-state index contributed by atoms with van der Waals surface area (Å²) in [7, 11) is 0. The van der Waals surface area contributed by atoms with Crippen LogP contribution in [0.4, 0.5) is 4.79 Å². The zero-order valence-corrected chi connectivity index (χ0v) is 12.7. The van der Waals surface area contributed by atoms with Crippen molar-refractivity contribution in [1.82, 2.24) is 10.2 Å². The Labute approximate surface area is 119 Å². The van der Waals surface area contributed by atoms with Crippen molar-refractivity contribution < 1.29 is 9.53 Å². The van der Waals surface area contributed by atoms with Gasteiger partial charge in [0.25, 0.3) is 0 Å². The monoisotopic (exact) mass is 332 g/mol. The fraction of sp³-hybridized carbons (Fsp3) is 0.583. The quantitative estimate of drug-likeness (QED) is 0.924. The number of urea groups is 1. The van der Waals surface area contributed by atoms with Gasteiger partial charge in [0.2, 0.25) is 0 Å². The molecule has 1 fully saturated rings. The van der Waals surface area contributed by atoms with Gasteiger partial charge in [-0.1, -0.05) is 6.92 Å². The van der Waals surface area contributed by atoms with Crippen LogP contribution in [0.25, 0.3) is 0 Å². The fourth-order valence-electron chi connectivity index (χ4n) is 1.88. The van der Waals surface area contributed by atoms with E-state index in [0.29, 0.717) is 26.2 Å². The molecular weight excluding hydrogens is 316 g/mol. The molecule has 1 aromatic rings. The van der Waals surface area contributed by atoms with Crippen molar-refractivity contribution in [3.05, 3.63) is 20.8 Å². The predicted molar refractivity (Wildman–Crippen MR) is 75.9 cm³/mol. The number of amides is 2. The lowest BCUT2D eigenvalue weighted by Gasteiger charge is -2.32. The van der Waals surface area contributed by atoms with Crippen LogP contribution in [0.5, 0.6) is 0 Å². The largest absolute Gasteiger partial charge is 0.375 e. The molecule has 0 unspecified atom stereocenters. The Hall–Kier alpha value is -0.590. The van der Waals surface area contributed by atoms with Crippen LogP contribution >= 0.6 is 27.3 Å². The maximum absolute atomic E-state index is 12.0. The first kappa shape index (κ1) is 13.8. The SMILES string of the molecule is CC[C@@H]1CN(C(=O)NCc2csc(Br)c2)CCO1. The first-order chi connectivity index (χ1) is 8.69. The summed E-state index contributed by atoms with van der Waals surface area (Å²) >= 11 is 5.04. The van der Waals surface area contributed by atoms with E-state index in [1.54, 1.807) is 11.3 Å². The molecule has 2 rings (SSSR count). The first-order valence-electron chi connectivity index (χ1n) is 6.06. The molecule has 2 heterocycles. The molecule has 1 N–H and O–H groups in total. The van der Waals surface area contributed by atoms with Crippen LogP contribution in [0.2, 0.25) is 0 Å². The van der Waals surface area contributed by atoms with Crippen LogP contribution in [-0.2, 0) is 11.3 Å². The molecule has 1 atom stereocenters. The van der Waals surface area contributed by atoms with E-state index < -0.39 is 0 Å². The van der Waals surface area contributed by atoms with Gasteiger partial charge in [0.05, 0.1) is 16.5 Å². The van der Waals surface area contributed by atoms with Crippen LogP contribution in [-0.4, -0.2) is 36.7 Å². The molecule has 4 nitrogen and oxygen atoms in total. The number of nitrogens with zero attached hydrogens (tertiary/aromatic N) is 1. The number of carbonyl (C=O) groups is 1. The molecule has 0 radical (unpaired) electrons. The zero-order valence-electron chi connectivity index (χ0n) is 10.3. The summed E-state index contributed by atoms with van der Waals surface area (Å²) in [4.78, 5) is 13.8. The normalized spacial score (nSPS) is 19.9. The average Bonchev–Trinajstić information content (AvgIpc) is 2.82. The number of hydrogen-bond donors (Lipinski definition) is 1. The van der Waals surface area contributed by atoms with Gasteiger partial charge in [0.1, 0.15) is 0 Å². The Balaban J connectivity index is 1.80. The summed E-state index contributed by atoms with van der Waals surface area (Å²) in [6.45, 7) is 4.66. The van der Waals surface area contributed by atoms with E-state index in [1.165, 1.54) is 0 Å². The number of morpholine rings is 1. The van der Waals surface area contributed by atoms with E-state index >= 15 is 0 Å². The lowest BCUT2D eigenvalue weighted by molar-refractivity contribution is -0.0154. The minimum Gasteiger partial charge on any atom is -0.375 e. The Bertz CT molecular complexity index is 411. The highest BCUT2D eigenvalue weighted by Crippen LogP contribution is 2.20. The van der Waals surface area contributed by atoms with Crippen LogP contribution in [0, 0.1) is 0 Å². The summed E-state index contributed by atoms with van der Waals surface area (Å²) in [5, 5.41) is 4.98. The van der Waals surface area contributed by atoms with E-state index in [-0.39, 0.29) is 12.1 Å². The molecule has 0 bridgehead atoms. The molecule has 1 aromatic heterocycles. The van der Waals surface area contributed by atoms with Gasteiger partial charge < -0.3 is 15.0 Å². The van der Waals surface area contributed by atoms with Crippen LogP contribution in [0.1, 0.15) is 18.9 Å². The molecule has 1 aliphatic rings. The molecule has 18 heavy (non-hydrogen) atoms. The summed E-state index contributed by atoms with van der Waals surface area (Å²) in [5.74, 6) is 0. The predicted octanol–water partition coefficient (Wildman–Crippen LogP) is 2.83. The van der Waals surface area contributed by atoms with Gasteiger partial charge in [0, 0.05) is 19.6 Å². The van der Waals surface area contributed by atoms with Crippen LogP contribution in [0.15, 0.2) is 15.2 Å².